The summed E-state index contributed by atoms with van der Waals surface area (Å²) in [5.41, 5.74) is 4.64. The predicted molar refractivity (Wildman–Crippen MR) is 129 cm³/mol. The Morgan fingerprint density at radius 1 is 1.21 bits per heavy atom. The highest BCUT2D eigenvalue weighted by atomic mass is 16.3. The van der Waals surface area contributed by atoms with Crippen LogP contribution in [0.3, 0.4) is 0 Å². The van der Waals surface area contributed by atoms with Gasteiger partial charge in [-0.05, 0) is 37.3 Å². The van der Waals surface area contributed by atoms with E-state index < -0.39 is 0 Å². The summed E-state index contributed by atoms with van der Waals surface area (Å²) in [5.74, 6) is -0.576. The zero-order chi connectivity index (χ0) is 23.5. The molecule has 2 aromatic rings. The highest BCUT2D eigenvalue weighted by Gasteiger charge is 2.54. The van der Waals surface area contributed by atoms with E-state index in [0.29, 0.717) is 6.54 Å². The summed E-state index contributed by atoms with van der Waals surface area (Å²) in [6.07, 6.45) is 2.81. The van der Waals surface area contributed by atoms with E-state index in [0.717, 1.165) is 16.7 Å². The fourth-order valence-electron chi connectivity index (χ4n) is 4.91. The molecule has 7 nitrogen and oxygen atoms in total. The zero-order valence-corrected chi connectivity index (χ0v) is 18.9. The highest BCUT2D eigenvalue weighted by molar-refractivity contribution is 5.97. The molecule has 0 spiro atoms. The largest absolute Gasteiger partial charge is 0.394 e. The fourth-order valence-corrected chi connectivity index (χ4v) is 4.91. The van der Waals surface area contributed by atoms with Crippen molar-refractivity contribution in [1.29, 1.82) is 0 Å². The molecule has 2 fully saturated rings. The number of piperazine rings is 1. The van der Waals surface area contributed by atoms with Crippen LogP contribution in [0.25, 0.3) is 11.1 Å². The van der Waals surface area contributed by atoms with Crippen LogP contribution in [0.5, 0.6) is 0 Å². The van der Waals surface area contributed by atoms with Crippen LogP contribution in [-0.2, 0) is 9.59 Å². The summed E-state index contributed by atoms with van der Waals surface area (Å²) in [7, 11) is 0. The van der Waals surface area contributed by atoms with Crippen molar-refractivity contribution in [2.75, 3.05) is 19.7 Å². The Hall–Kier alpha value is -3.58. The maximum Gasteiger partial charge on any atom is 0.274 e. The molecule has 2 heterocycles. The molecule has 0 saturated carbocycles. The Morgan fingerprint density at radius 2 is 1.97 bits per heavy atom. The topological polar surface area (TPSA) is 85.6 Å². The molecular formula is C26H28N4O3. The molecule has 170 valence electrons. The second kappa shape index (κ2) is 9.50. The van der Waals surface area contributed by atoms with E-state index in [-0.39, 0.29) is 48.7 Å². The van der Waals surface area contributed by atoms with Crippen molar-refractivity contribution in [3.63, 3.8) is 0 Å². The number of aryl methyl sites for hydroxylation is 1. The molecule has 33 heavy (non-hydrogen) atoms. The van der Waals surface area contributed by atoms with Crippen LogP contribution in [-0.4, -0.2) is 71.4 Å². The van der Waals surface area contributed by atoms with Gasteiger partial charge in [-0.2, -0.15) is 0 Å². The zero-order valence-electron chi connectivity index (χ0n) is 18.9. The van der Waals surface area contributed by atoms with E-state index in [9.17, 15) is 14.7 Å². The van der Waals surface area contributed by atoms with Crippen LogP contribution >= 0.6 is 0 Å². The van der Waals surface area contributed by atoms with Gasteiger partial charge in [0.25, 0.3) is 5.91 Å². The smallest absolute Gasteiger partial charge is 0.274 e. The standard InChI is InChI=1S/C26H28N4O3/c1-4-28-21(13-27-3)26(33)29-14-22-25(23(16-31)30(22)24(32)15-29)19-10-8-18(9-11-19)20-7-5-6-17(2)12-20/h4-13,22-23,25,31H,3,14-16H2,1-2H3/b21-13-,28-4?/t22?,23-,25+/m1/s1. The van der Waals surface area contributed by atoms with Crippen LogP contribution in [0.15, 0.2) is 70.4 Å². The van der Waals surface area contributed by atoms with E-state index in [2.05, 4.69) is 66.1 Å². The molecule has 0 aromatic heterocycles. The maximum absolute atomic E-state index is 13.0. The molecular weight excluding hydrogens is 416 g/mol. The highest BCUT2D eigenvalue weighted by Crippen LogP contribution is 2.43. The number of nitrogens with zero attached hydrogens (tertiary/aromatic N) is 4. The minimum atomic E-state index is -0.352. The molecule has 7 heteroatoms. The summed E-state index contributed by atoms with van der Waals surface area (Å²) in [4.78, 5) is 36.8. The summed E-state index contributed by atoms with van der Waals surface area (Å²) in [6, 6.07) is 16.1. The molecule has 1 N–H and O–H groups in total. The van der Waals surface area contributed by atoms with Gasteiger partial charge in [0.1, 0.15) is 12.2 Å². The number of hydrogen-bond donors (Lipinski definition) is 1. The molecule has 2 aromatic carbocycles. The Balaban J connectivity index is 1.58. The number of hydrogen-bond acceptors (Lipinski definition) is 5. The number of aliphatic imine (C=N–C) groups is 2. The van der Waals surface area contributed by atoms with Crippen molar-refractivity contribution < 1.29 is 14.7 Å². The van der Waals surface area contributed by atoms with Crippen molar-refractivity contribution in [2.24, 2.45) is 9.98 Å². The number of aliphatic hydroxyl groups excluding tert-OH is 1. The Labute approximate surface area is 193 Å². The summed E-state index contributed by atoms with van der Waals surface area (Å²) in [6.45, 7) is 7.38. The van der Waals surface area contributed by atoms with Gasteiger partial charge in [-0.15, -0.1) is 0 Å². The first-order valence-corrected chi connectivity index (χ1v) is 11.0. The normalized spacial score (nSPS) is 22.8. The quantitative estimate of drug-likeness (QED) is 0.549. The molecule has 2 aliphatic rings. The minimum Gasteiger partial charge on any atom is -0.394 e. The van der Waals surface area contributed by atoms with E-state index in [1.807, 2.05) is 6.07 Å². The molecule has 3 atom stereocenters. The first kappa shape index (κ1) is 22.6. The lowest BCUT2D eigenvalue weighted by molar-refractivity contribution is -0.165. The summed E-state index contributed by atoms with van der Waals surface area (Å²) < 4.78 is 0. The number of aliphatic hydroxyl groups is 1. The predicted octanol–water partition coefficient (Wildman–Crippen LogP) is 2.79. The first-order valence-electron chi connectivity index (χ1n) is 11.0. The van der Waals surface area contributed by atoms with Gasteiger partial charge in [-0.3, -0.25) is 19.6 Å². The lowest BCUT2D eigenvalue weighted by Gasteiger charge is -2.58. The van der Waals surface area contributed by atoms with Gasteiger partial charge in [-0.1, -0.05) is 54.1 Å². The lowest BCUT2D eigenvalue weighted by Crippen LogP contribution is -2.73. The number of fused-ring (bicyclic) bond motifs is 1. The Bertz CT molecular complexity index is 1120. The van der Waals surface area contributed by atoms with Gasteiger partial charge in [0.05, 0.1) is 24.9 Å². The minimum absolute atomic E-state index is 0.0431. The number of benzene rings is 2. The third-order valence-electron chi connectivity index (χ3n) is 6.39. The number of carbonyl (C=O) groups is 2. The fraction of sp³-hybridized carbons (Fsp3) is 0.308. The number of rotatable bonds is 6. The van der Waals surface area contributed by atoms with Crippen molar-refractivity contribution in [2.45, 2.75) is 31.8 Å². The lowest BCUT2D eigenvalue weighted by atomic mass is 9.73. The van der Waals surface area contributed by atoms with Crippen molar-refractivity contribution in [1.82, 2.24) is 9.80 Å². The average molecular weight is 445 g/mol. The maximum atomic E-state index is 13.0. The SMILES string of the molecule is C=N/C=C(\N=CC)C(=O)N1CC(=O)N2C(C1)[C@H](c1ccc(-c3cccc(C)c3)cc1)[C@H]2CO. The second-order valence-corrected chi connectivity index (χ2v) is 8.41. The van der Waals surface area contributed by atoms with E-state index >= 15 is 0 Å². The van der Waals surface area contributed by atoms with Crippen LogP contribution < -0.4 is 0 Å². The van der Waals surface area contributed by atoms with Gasteiger partial charge >= 0.3 is 0 Å². The summed E-state index contributed by atoms with van der Waals surface area (Å²) in [5, 5.41) is 10.0. The Morgan fingerprint density at radius 3 is 2.61 bits per heavy atom. The first-order chi connectivity index (χ1) is 16.0. The summed E-state index contributed by atoms with van der Waals surface area (Å²) >= 11 is 0. The van der Waals surface area contributed by atoms with Crippen molar-refractivity contribution >= 4 is 24.7 Å². The number of carbonyl (C=O) groups excluding carboxylic acids is 2. The van der Waals surface area contributed by atoms with Gasteiger partial charge < -0.3 is 14.9 Å². The molecule has 2 aliphatic heterocycles. The van der Waals surface area contributed by atoms with Crippen LogP contribution in [0.4, 0.5) is 0 Å². The third-order valence-corrected chi connectivity index (χ3v) is 6.39. The third kappa shape index (κ3) is 4.24. The van der Waals surface area contributed by atoms with Crippen molar-refractivity contribution in [3.05, 3.63) is 71.6 Å². The van der Waals surface area contributed by atoms with Crippen molar-refractivity contribution in [3.8, 4) is 11.1 Å². The Kier molecular flexibility index (Phi) is 6.51. The van der Waals surface area contributed by atoms with Gasteiger partial charge in [0.2, 0.25) is 5.91 Å². The molecule has 0 aliphatic carbocycles. The monoisotopic (exact) mass is 444 g/mol. The van der Waals surface area contributed by atoms with Gasteiger partial charge in [0.15, 0.2) is 0 Å². The van der Waals surface area contributed by atoms with Crippen LogP contribution in [0, 0.1) is 6.92 Å². The molecule has 0 radical (unpaired) electrons. The molecule has 4 rings (SSSR count). The van der Waals surface area contributed by atoms with Crippen LogP contribution in [0.2, 0.25) is 0 Å². The van der Waals surface area contributed by atoms with E-state index in [1.54, 1.807) is 11.8 Å². The molecule has 1 unspecified atom stereocenters. The average Bonchev–Trinajstić information content (AvgIpc) is 2.80. The molecule has 0 bridgehead atoms. The van der Waals surface area contributed by atoms with Gasteiger partial charge in [0, 0.05) is 18.7 Å². The number of amides is 2. The van der Waals surface area contributed by atoms with Crippen LogP contribution in [0.1, 0.15) is 24.0 Å². The van der Waals surface area contributed by atoms with E-state index in [1.165, 1.54) is 22.9 Å². The molecule has 2 amide bonds. The van der Waals surface area contributed by atoms with E-state index in [4.69, 9.17) is 0 Å². The molecule has 2 saturated heterocycles. The second-order valence-electron chi connectivity index (χ2n) is 8.41. The van der Waals surface area contributed by atoms with Gasteiger partial charge in [-0.25, -0.2) is 0 Å².